The maximum Gasteiger partial charge on any atom is 0.295 e. The minimum absolute atomic E-state index is 0. The van der Waals surface area contributed by atoms with Gasteiger partial charge < -0.3 is 41.4 Å². The third-order valence-electron chi connectivity index (χ3n) is 9.33. The van der Waals surface area contributed by atoms with Crippen molar-refractivity contribution < 1.29 is 35.4 Å². The summed E-state index contributed by atoms with van der Waals surface area (Å²) in [5, 5.41) is 18.7. The zero-order chi connectivity index (χ0) is 43.1. The SMILES string of the molecule is O=S(=O)(O)c1cc(Nc2nc(Nc3ccccc3)nc(C3CNCCO3)n2)ccc1C=Cc1ccc(Nc2nc(Nc3ccccc3)nc(C3CNCCO3)n2)cc1S(=O)(=O)O.[Na].[Na]. The van der Waals surface area contributed by atoms with Gasteiger partial charge in [-0.1, -0.05) is 60.7 Å². The van der Waals surface area contributed by atoms with E-state index >= 15 is 0 Å². The number of benzene rings is 4. The van der Waals surface area contributed by atoms with Gasteiger partial charge in [-0.3, -0.25) is 9.11 Å². The normalized spacial score (nSPS) is 16.5. The van der Waals surface area contributed by atoms with Gasteiger partial charge in [0.1, 0.15) is 22.0 Å². The van der Waals surface area contributed by atoms with Crippen LogP contribution < -0.4 is 31.9 Å². The van der Waals surface area contributed by atoms with Gasteiger partial charge in [-0.05, 0) is 59.7 Å². The third kappa shape index (κ3) is 13.1. The fraction of sp³-hybridized carbons (Fsp3) is 0.200. The fourth-order valence-corrected chi connectivity index (χ4v) is 7.86. The molecule has 2 fully saturated rings. The summed E-state index contributed by atoms with van der Waals surface area (Å²) < 4.78 is 83.2. The van der Waals surface area contributed by atoms with Crippen LogP contribution in [0.15, 0.2) is 107 Å². The summed E-state index contributed by atoms with van der Waals surface area (Å²) in [6.07, 6.45) is 1.62. The Balaban J connectivity index is 0.00000340. The number of anilines is 8. The topological polar surface area (TPSA) is 277 Å². The van der Waals surface area contributed by atoms with Crippen LogP contribution in [0, 0.1) is 0 Å². The van der Waals surface area contributed by atoms with Gasteiger partial charge in [-0.2, -0.15) is 46.7 Å². The smallest absolute Gasteiger partial charge is 0.295 e. The van der Waals surface area contributed by atoms with Crippen molar-refractivity contribution in [1.29, 1.82) is 0 Å². The number of aromatic nitrogens is 6. The Morgan fingerprint density at radius 1 is 0.516 bits per heavy atom. The molecule has 0 saturated carbocycles. The third-order valence-corrected chi connectivity index (χ3v) is 11.2. The molecule has 2 aliphatic heterocycles. The number of nitrogens with one attached hydrogen (secondary N) is 6. The molecule has 4 aromatic carbocycles. The summed E-state index contributed by atoms with van der Waals surface area (Å²) in [5.41, 5.74) is 1.84. The molecule has 20 nitrogen and oxygen atoms in total. The predicted octanol–water partition coefficient (Wildman–Crippen LogP) is 4.26. The van der Waals surface area contributed by atoms with E-state index in [-0.39, 0.29) is 105 Å². The summed E-state index contributed by atoms with van der Waals surface area (Å²) >= 11 is 0. The van der Waals surface area contributed by atoms with E-state index in [1.807, 2.05) is 60.7 Å². The molecule has 64 heavy (non-hydrogen) atoms. The summed E-state index contributed by atoms with van der Waals surface area (Å²) in [5.74, 6) is 1.20. The average molecular weight is 927 g/mol. The molecule has 6 aromatic rings. The first-order valence-electron chi connectivity index (χ1n) is 19.2. The van der Waals surface area contributed by atoms with Crippen molar-refractivity contribution in [2.24, 2.45) is 0 Å². The van der Waals surface area contributed by atoms with Gasteiger partial charge in [0.05, 0.1) is 13.2 Å². The molecule has 8 rings (SSSR count). The molecule has 0 amide bonds. The first-order chi connectivity index (χ1) is 29.9. The van der Waals surface area contributed by atoms with E-state index in [9.17, 15) is 25.9 Å². The van der Waals surface area contributed by atoms with Gasteiger partial charge in [0.15, 0.2) is 11.6 Å². The van der Waals surface area contributed by atoms with Crippen LogP contribution in [0.5, 0.6) is 0 Å². The van der Waals surface area contributed by atoms with E-state index in [1.54, 1.807) is 0 Å². The number of nitrogens with zero attached hydrogens (tertiary/aromatic N) is 6. The number of para-hydroxylation sites is 2. The largest absolute Gasteiger partial charge is 0.368 e. The Morgan fingerprint density at radius 2 is 0.875 bits per heavy atom. The second kappa shape index (κ2) is 22.1. The maximum absolute atomic E-state index is 12.7. The Kier molecular flexibility index (Phi) is 16.9. The molecule has 4 heterocycles. The van der Waals surface area contributed by atoms with Crippen molar-refractivity contribution >= 4 is 138 Å². The van der Waals surface area contributed by atoms with Crippen LogP contribution in [0.3, 0.4) is 0 Å². The molecule has 2 aromatic heterocycles. The molecule has 0 aliphatic carbocycles. The summed E-state index contributed by atoms with van der Waals surface area (Å²) in [4.78, 5) is 26.0. The van der Waals surface area contributed by atoms with E-state index in [4.69, 9.17) is 9.47 Å². The average Bonchev–Trinajstić information content (AvgIpc) is 3.27. The molecule has 322 valence electrons. The van der Waals surface area contributed by atoms with Crippen LogP contribution in [-0.2, 0) is 29.7 Å². The number of rotatable bonds is 14. The first-order valence-corrected chi connectivity index (χ1v) is 22.1. The van der Waals surface area contributed by atoms with Crippen LogP contribution >= 0.6 is 0 Å². The van der Waals surface area contributed by atoms with E-state index in [1.165, 1.54) is 48.6 Å². The molecule has 24 heteroatoms. The predicted molar refractivity (Wildman–Crippen MR) is 242 cm³/mol. The second-order valence-corrected chi connectivity index (χ2v) is 16.6. The van der Waals surface area contributed by atoms with Crippen molar-refractivity contribution in [3.05, 3.63) is 120 Å². The van der Waals surface area contributed by atoms with Gasteiger partial charge >= 0.3 is 0 Å². The molecular formula is C40H40N12Na2O8S2. The Labute approximate surface area is 413 Å². The molecule has 2 saturated heterocycles. The van der Waals surface area contributed by atoms with Gasteiger partial charge in [0.2, 0.25) is 23.8 Å². The molecule has 0 spiro atoms. The van der Waals surface area contributed by atoms with Crippen molar-refractivity contribution in [3.8, 4) is 0 Å². The Hall–Kier alpha value is -4.50. The standard InChI is InChI=1S/C40H40N12O8S2.2Na/c53-61(54,55)33-21-29(45-39-49-35(31-23-41-17-19-59-31)47-37(51-39)43-27-7-3-1-4-8-27)15-13-25(33)11-12-26-14-16-30(22-34(26)62(56,57)58)46-40-50-36(32-24-42-18-20-60-32)48-38(52-40)44-28-9-5-2-6-10-28;;/h1-16,21-22,31-32,41-42H,17-20,23-24H2,(H,53,54,55)(H,56,57,58)(H2,43,45,47,49,51)(H2,44,46,48,50,52);;. The quantitative estimate of drug-likeness (QED) is 0.0431. The van der Waals surface area contributed by atoms with Crippen LogP contribution in [0.4, 0.5) is 46.5 Å². The number of hydrogen-bond donors (Lipinski definition) is 8. The first kappa shape index (κ1) is 48.9. The summed E-state index contributed by atoms with van der Waals surface area (Å²) in [6.45, 7) is 3.17. The van der Waals surface area contributed by atoms with Crippen molar-refractivity contribution in [2.45, 2.75) is 22.0 Å². The number of ether oxygens (including phenoxy) is 2. The maximum atomic E-state index is 12.7. The Morgan fingerprint density at radius 3 is 1.20 bits per heavy atom. The van der Waals surface area contributed by atoms with Crippen molar-refractivity contribution in [1.82, 2.24) is 40.5 Å². The zero-order valence-electron chi connectivity index (χ0n) is 34.6. The van der Waals surface area contributed by atoms with Crippen LogP contribution in [0.2, 0.25) is 0 Å². The van der Waals surface area contributed by atoms with E-state index < -0.39 is 42.2 Å². The van der Waals surface area contributed by atoms with E-state index in [2.05, 4.69) is 61.8 Å². The van der Waals surface area contributed by atoms with Gasteiger partial charge in [-0.15, -0.1) is 0 Å². The van der Waals surface area contributed by atoms with Crippen LogP contribution in [-0.4, -0.2) is 154 Å². The minimum Gasteiger partial charge on any atom is -0.368 e. The van der Waals surface area contributed by atoms with Crippen molar-refractivity contribution in [3.63, 3.8) is 0 Å². The fourth-order valence-electron chi connectivity index (χ4n) is 6.44. The van der Waals surface area contributed by atoms with Gasteiger partial charge in [-0.25, -0.2) is 0 Å². The van der Waals surface area contributed by atoms with Gasteiger partial charge in [0, 0.05) is 108 Å². The molecule has 2 atom stereocenters. The summed E-state index contributed by atoms with van der Waals surface area (Å²) in [6, 6.07) is 26.7. The minimum atomic E-state index is -4.84. The second-order valence-electron chi connectivity index (χ2n) is 13.8. The van der Waals surface area contributed by atoms with E-state index in [0.717, 1.165) is 11.4 Å². The number of hydrogen-bond acceptors (Lipinski definition) is 18. The van der Waals surface area contributed by atoms with Crippen LogP contribution in [0.1, 0.15) is 35.0 Å². The van der Waals surface area contributed by atoms with Crippen LogP contribution in [0.25, 0.3) is 12.2 Å². The monoisotopic (exact) mass is 926 g/mol. The number of morpholine rings is 2. The van der Waals surface area contributed by atoms with Crippen molar-refractivity contribution in [2.75, 3.05) is 60.7 Å². The molecule has 2 unspecified atom stereocenters. The molecule has 8 N–H and O–H groups in total. The molecule has 2 radical (unpaired) electrons. The summed E-state index contributed by atoms with van der Waals surface area (Å²) in [7, 11) is -9.68. The molecule has 2 aliphatic rings. The Bertz CT molecular complexity index is 2620. The van der Waals surface area contributed by atoms with E-state index in [0.29, 0.717) is 51.0 Å². The molecule has 0 bridgehead atoms. The molecular weight excluding hydrogens is 887 g/mol. The van der Waals surface area contributed by atoms with Gasteiger partial charge in [0.25, 0.3) is 20.2 Å². The zero-order valence-corrected chi connectivity index (χ0v) is 40.3.